The predicted molar refractivity (Wildman–Crippen MR) is 111 cm³/mol. The Morgan fingerprint density at radius 2 is 1.78 bits per heavy atom. The molecule has 0 aliphatic rings. The second-order valence-electron chi connectivity index (χ2n) is 5.88. The fourth-order valence-corrected chi connectivity index (χ4v) is 4.49. The van der Waals surface area contributed by atoms with Crippen LogP contribution in [0.1, 0.15) is 0 Å². The van der Waals surface area contributed by atoms with E-state index in [1.807, 2.05) is 12.1 Å². The van der Waals surface area contributed by atoms with Crippen molar-refractivity contribution in [2.45, 2.75) is 4.90 Å². The summed E-state index contributed by atoms with van der Waals surface area (Å²) in [5.41, 5.74) is 8.39. The fraction of sp³-hybridized carbons (Fsp3) is 0. The van der Waals surface area contributed by atoms with Crippen molar-refractivity contribution in [1.29, 1.82) is 0 Å². The van der Waals surface area contributed by atoms with Gasteiger partial charge in [-0.1, -0.05) is 34.1 Å². The number of nitrogen functional groups attached to an aromatic ring is 1. The Bertz CT molecular complexity index is 1240. The van der Waals surface area contributed by atoms with Gasteiger partial charge in [-0.25, -0.2) is 17.4 Å². The van der Waals surface area contributed by atoms with Crippen LogP contribution >= 0.6 is 15.9 Å². The molecule has 0 bridgehead atoms. The summed E-state index contributed by atoms with van der Waals surface area (Å²) in [4.78, 5) is 4.49. The minimum absolute atomic E-state index is 0.207. The molecule has 2 heterocycles. The lowest BCUT2D eigenvalue weighted by atomic mass is 10.2. The summed E-state index contributed by atoms with van der Waals surface area (Å²) in [5.74, 6) is 0. The third-order valence-electron chi connectivity index (χ3n) is 4.14. The topological polar surface area (TPSA) is 90.0 Å². The maximum absolute atomic E-state index is 13.0. The molecule has 2 aromatic heterocycles. The zero-order valence-electron chi connectivity index (χ0n) is 14.0. The highest BCUT2D eigenvalue weighted by Gasteiger charge is 2.20. The minimum atomic E-state index is -3.73. The van der Waals surface area contributed by atoms with Crippen molar-refractivity contribution in [2.75, 3.05) is 11.1 Å². The smallest absolute Gasteiger partial charge is 0.269 e. The Hall–Kier alpha value is -2.84. The van der Waals surface area contributed by atoms with Crippen molar-refractivity contribution < 1.29 is 8.42 Å². The first-order valence-corrected chi connectivity index (χ1v) is 10.3. The van der Waals surface area contributed by atoms with E-state index >= 15 is 0 Å². The number of pyridine rings is 1. The third kappa shape index (κ3) is 3.17. The number of fused-ring (bicyclic) bond motifs is 1. The Kier molecular flexibility index (Phi) is 4.37. The van der Waals surface area contributed by atoms with Crippen LogP contribution in [0.25, 0.3) is 11.0 Å². The quantitative estimate of drug-likeness (QED) is 0.458. The van der Waals surface area contributed by atoms with E-state index in [0.29, 0.717) is 22.4 Å². The number of nitrogens with zero attached hydrogens (tertiary/aromatic N) is 2. The summed E-state index contributed by atoms with van der Waals surface area (Å²) in [5, 5.41) is 3.93. The number of hydrogen-bond donors (Lipinski definition) is 2. The van der Waals surface area contributed by atoms with Gasteiger partial charge in [-0.2, -0.15) is 0 Å². The molecule has 6 nitrogen and oxygen atoms in total. The van der Waals surface area contributed by atoms with E-state index in [1.54, 1.807) is 54.7 Å². The highest BCUT2D eigenvalue weighted by Crippen LogP contribution is 2.31. The maximum Gasteiger partial charge on any atom is 0.269 e. The summed E-state index contributed by atoms with van der Waals surface area (Å²) in [6.07, 6.45) is 3.07. The number of anilines is 3. The highest BCUT2D eigenvalue weighted by atomic mass is 79.9. The summed E-state index contributed by atoms with van der Waals surface area (Å²) in [6.45, 7) is 0. The Balaban J connectivity index is 1.82. The second kappa shape index (κ2) is 6.71. The molecule has 27 heavy (non-hydrogen) atoms. The molecule has 0 radical (unpaired) electrons. The SMILES string of the molecule is Nc1ccc(Br)cc1Nc1ccnc2c1ccn2S(=O)(=O)c1ccccc1. The van der Waals surface area contributed by atoms with Crippen LogP contribution in [0.5, 0.6) is 0 Å². The molecule has 4 aromatic rings. The Labute approximate surface area is 164 Å². The largest absolute Gasteiger partial charge is 0.397 e. The first-order valence-electron chi connectivity index (χ1n) is 8.05. The lowest BCUT2D eigenvalue weighted by Crippen LogP contribution is -2.12. The molecule has 0 aliphatic heterocycles. The van der Waals surface area contributed by atoms with E-state index in [9.17, 15) is 8.42 Å². The molecule has 0 unspecified atom stereocenters. The van der Waals surface area contributed by atoms with E-state index in [1.165, 1.54) is 10.2 Å². The summed E-state index contributed by atoms with van der Waals surface area (Å²) in [7, 11) is -3.73. The van der Waals surface area contributed by atoms with Gasteiger partial charge in [0.1, 0.15) is 0 Å². The summed E-state index contributed by atoms with van der Waals surface area (Å²) in [6, 6.07) is 17.3. The van der Waals surface area contributed by atoms with Crippen LogP contribution in [0.15, 0.2) is 82.4 Å². The van der Waals surface area contributed by atoms with Gasteiger partial charge in [-0.3, -0.25) is 0 Å². The van der Waals surface area contributed by atoms with Crippen molar-refractivity contribution in [1.82, 2.24) is 8.96 Å². The average Bonchev–Trinajstić information content (AvgIpc) is 3.11. The molecule has 0 amide bonds. The maximum atomic E-state index is 13.0. The summed E-state index contributed by atoms with van der Waals surface area (Å²) >= 11 is 3.42. The highest BCUT2D eigenvalue weighted by molar-refractivity contribution is 9.10. The number of benzene rings is 2. The molecule has 4 rings (SSSR count). The lowest BCUT2D eigenvalue weighted by molar-refractivity contribution is 0.589. The van der Waals surface area contributed by atoms with Crippen molar-refractivity contribution in [2.24, 2.45) is 0 Å². The van der Waals surface area contributed by atoms with E-state index in [-0.39, 0.29) is 4.90 Å². The molecule has 0 fully saturated rings. The molecule has 136 valence electrons. The van der Waals surface area contributed by atoms with Crippen molar-refractivity contribution in [3.05, 3.63) is 77.5 Å². The molecular formula is C19H15BrN4O2S. The van der Waals surface area contributed by atoms with E-state index in [4.69, 9.17) is 5.73 Å². The zero-order valence-corrected chi connectivity index (χ0v) is 16.4. The van der Waals surface area contributed by atoms with Crippen LogP contribution in [0.4, 0.5) is 17.1 Å². The van der Waals surface area contributed by atoms with E-state index in [2.05, 4.69) is 26.2 Å². The standard InChI is InChI=1S/C19H15BrN4O2S/c20-13-6-7-16(21)18(12-13)23-17-8-10-22-19-15(17)9-11-24(19)27(25,26)14-4-2-1-3-5-14/h1-12H,21H2,(H,22,23). The minimum Gasteiger partial charge on any atom is -0.397 e. The van der Waals surface area contributed by atoms with Crippen molar-refractivity contribution in [3.63, 3.8) is 0 Å². The van der Waals surface area contributed by atoms with E-state index in [0.717, 1.165) is 10.2 Å². The number of rotatable bonds is 4. The Morgan fingerprint density at radius 3 is 2.56 bits per heavy atom. The monoisotopic (exact) mass is 442 g/mol. The molecule has 0 saturated heterocycles. The van der Waals surface area contributed by atoms with Gasteiger partial charge >= 0.3 is 0 Å². The Morgan fingerprint density at radius 1 is 1.00 bits per heavy atom. The van der Waals surface area contributed by atoms with Crippen LogP contribution in [0.2, 0.25) is 0 Å². The van der Waals surface area contributed by atoms with Crippen LogP contribution in [0.3, 0.4) is 0 Å². The predicted octanol–water partition coefficient (Wildman–Crippen LogP) is 4.36. The molecule has 2 aromatic carbocycles. The second-order valence-corrected chi connectivity index (χ2v) is 8.61. The molecule has 0 spiro atoms. The van der Waals surface area contributed by atoms with Crippen LogP contribution in [0, 0.1) is 0 Å². The molecule has 3 N–H and O–H groups in total. The molecule has 0 saturated carbocycles. The van der Waals surface area contributed by atoms with Gasteiger partial charge in [0, 0.05) is 22.3 Å². The third-order valence-corrected chi connectivity index (χ3v) is 6.31. The zero-order chi connectivity index (χ0) is 19.0. The molecule has 8 heteroatoms. The lowest BCUT2D eigenvalue weighted by Gasteiger charge is -2.11. The molecular weight excluding hydrogens is 428 g/mol. The molecule has 0 aliphatic carbocycles. The first kappa shape index (κ1) is 17.6. The van der Waals surface area contributed by atoms with Gasteiger partial charge in [0.15, 0.2) is 5.65 Å². The van der Waals surface area contributed by atoms with Crippen molar-refractivity contribution in [3.8, 4) is 0 Å². The average molecular weight is 443 g/mol. The van der Waals surface area contributed by atoms with Crippen LogP contribution in [-0.2, 0) is 10.0 Å². The fourth-order valence-electron chi connectivity index (χ4n) is 2.81. The van der Waals surface area contributed by atoms with Crippen LogP contribution < -0.4 is 11.1 Å². The van der Waals surface area contributed by atoms with Gasteiger partial charge < -0.3 is 11.1 Å². The van der Waals surface area contributed by atoms with Gasteiger partial charge in [0.2, 0.25) is 0 Å². The van der Waals surface area contributed by atoms with Gasteiger partial charge in [0.05, 0.1) is 22.0 Å². The van der Waals surface area contributed by atoms with Crippen LogP contribution in [-0.4, -0.2) is 17.4 Å². The number of hydrogen-bond acceptors (Lipinski definition) is 5. The first-order chi connectivity index (χ1) is 13.0. The molecule has 0 atom stereocenters. The normalized spacial score (nSPS) is 11.6. The summed E-state index contributed by atoms with van der Waals surface area (Å²) < 4.78 is 28.0. The van der Waals surface area contributed by atoms with Gasteiger partial charge in [-0.05, 0) is 42.5 Å². The number of aromatic nitrogens is 2. The van der Waals surface area contributed by atoms with Crippen molar-refractivity contribution >= 4 is 54.0 Å². The van der Waals surface area contributed by atoms with Gasteiger partial charge in [-0.15, -0.1) is 0 Å². The van der Waals surface area contributed by atoms with E-state index < -0.39 is 10.0 Å². The van der Waals surface area contributed by atoms with Gasteiger partial charge in [0.25, 0.3) is 10.0 Å². The number of nitrogens with two attached hydrogens (primary N) is 1. The number of nitrogens with one attached hydrogen (secondary N) is 1. The number of halogens is 1.